The maximum atomic E-state index is 5.03. The predicted molar refractivity (Wildman–Crippen MR) is 37.8 cm³/mol. The van der Waals surface area contributed by atoms with Crippen LogP contribution in [0.4, 0.5) is 0 Å². The Bertz CT molecular complexity index is 101. The average Bonchev–Trinajstić information content (AvgIpc) is 1.98. The van der Waals surface area contributed by atoms with Crippen molar-refractivity contribution in [3.05, 3.63) is 0 Å². The third-order valence-corrected chi connectivity index (χ3v) is 2.05. The SMILES string of the molecule is CC1NCN(C)C1=S. The lowest BCUT2D eigenvalue weighted by molar-refractivity contribution is 0.520. The molecule has 1 atom stereocenters. The standard InChI is InChI=1S/C5H10N2S/c1-4-5(8)7(2)3-6-4/h4,6H,3H2,1-2H3. The van der Waals surface area contributed by atoms with E-state index in [-0.39, 0.29) is 0 Å². The first kappa shape index (κ1) is 5.98. The van der Waals surface area contributed by atoms with Crippen molar-refractivity contribution in [2.75, 3.05) is 13.7 Å². The maximum absolute atomic E-state index is 5.03. The van der Waals surface area contributed by atoms with Crippen molar-refractivity contribution in [3.63, 3.8) is 0 Å². The van der Waals surface area contributed by atoms with Crippen molar-refractivity contribution in [2.24, 2.45) is 0 Å². The van der Waals surface area contributed by atoms with Gasteiger partial charge in [0.25, 0.3) is 0 Å². The van der Waals surface area contributed by atoms with E-state index >= 15 is 0 Å². The minimum atomic E-state index is 0.398. The molecule has 0 spiro atoms. The molecule has 0 aromatic heterocycles. The molecule has 0 bridgehead atoms. The van der Waals surface area contributed by atoms with Crippen molar-refractivity contribution in [1.29, 1.82) is 0 Å². The van der Waals surface area contributed by atoms with Gasteiger partial charge in [-0.05, 0) is 6.92 Å². The van der Waals surface area contributed by atoms with E-state index in [4.69, 9.17) is 12.2 Å². The quantitative estimate of drug-likeness (QED) is 0.471. The second kappa shape index (κ2) is 1.99. The lowest BCUT2D eigenvalue weighted by Crippen LogP contribution is -2.22. The van der Waals surface area contributed by atoms with Crippen LogP contribution in [0.3, 0.4) is 0 Å². The summed E-state index contributed by atoms with van der Waals surface area (Å²) in [5, 5.41) is 3.20. The van der Waals surface area contributed by atoms with Crippen LogP contribution in [0, 0.1) is 0 Å². The summed E-state index contributed by atoms with van der Waals surface area (Å²) in [5.74, 6) is 0. The van der Waals surface area contributed by atoms with Gasteiger partial charge in [-0.15, -0.1) is 0 Å². The Labute approximate surface area is 54.9 Å². The van der Waals surface area contributed by atoms with Crippen LogP contribution in [0.5, 0.6) is 0 Å². The highest BCUT2D eigenvalue weighted by Gasteiger charge is 2.18. The number of likely N-dealkylation sites (N-methyl/N-ethyl adjacent to an activating group) is 1. The molecule has 1 N–H and O–H groups in total. The third-order valence-electron chi connectivity index (χ3n) is 1.38. The van der Waals surface area contributed by atoms with Crippen molar-refractivity contribution in [3.8, 4) is 0 Å². The Balaban J connectivity index is 2.57. The van der Waals surface area contributed by atoms with E-state index in [2.05, 4.69) is 12.2 Å². The zero-order valence-corrected chi connectivity index (χ0v) is 5.96. The summed E-state index contributed by atoms with van der Waals surface area (Å²) >= 11 is 5.03. The molecule has 1 saturated heterocycles. The van der Waals surface area contributed by atoms with Crippen LogP contribution in [-0.4, -0.2) is 29.6 Å². The fourth-order valence-corrected chi connectivity index (χ4v) is 0.918. The van der Waals surface area contributed by atoms with Crippen LogP contribution >= 0.6 is 12.2 Å². The molecule has 1 unspecified atom stereocenters. The minimum Gasteiger partial charge on any atom is -0.355 e. The van der Waals surface area contributed by atoms with Gasteiger partial charge in [0.1, 0.15) is 0 Å². The molecule has 1 heterocycles. The Kier molecular flexibility index (Phi) is 1.49. The van der Waals surface area contributed by atoms with Crippen molar-refractivity contribution < 1.29 is 0 Å². The summed E-state index contributed by atoms with van der Waals surface area (Å²) in [4.78, 5) is 3.06. The monoisotopic (exact) mass is 130 g/mol. The molecule has 1 rings (SSSR count). The molecule has 1 aliphatic rings. The zero-order valence-electron chi connectivity index (χ0n) is 5.14. The molecule has 2 nitrogen and oxygen atoms in total. The van der Waals surface area contributed by atoms with E-state index in [9.17, 15) is 0 Å². The van der Waals surface area contributed by atoms with Gasteiger partial charge in [-0.25, -0.2) is 0 Å². The van der Waals surface area contributed by atoms with Crippen LogP contribution in [0.25, 0.3) is 0 Å². The van der Waals surface area contributed by atoms with Crippen LogP contribution in [0.2, 0.25) is 0 Å². The van der Waals surface area contributed by atoms with Crippen LogP contribution in [0.15, 0.2) is 0 Å². The van der Waals surface area contributed by atoms with Gasteiger partial charge in [-0.1, -0.05) is 12.2 Å². The summed E-state index contributed by atoms with van der Waals surface area (Å²) in [6.45, 7) is 2.98. The zero-order chi connectivity index (χ0) is 6.15. The van der Waals surface area contributed by atoms with Crippen molar-refractivity contribution >= 4 is 17.2 Å². The number of rotatable bonds is 0. The molecule has 3 heteroatoms. The van der Waals surface area contributed by atoms with E-state index in [0.717, 1.165) is 11.7 Å². The largest absolute Gasteiger partial charge is 0.355 e. The second-order valence-corrected chi connectivity index (χ2v) is 2.54. The summed E-state index contributed by atoms with van der Waals surface area (Å²) < 4.78 is 0. The molecular weight excluding hydrogens is 120 g/mol. The molecule has 0 aromatic carbocycles. The normalized spacial score (nSPS) is 29.5. The Morgan fingerprint density at radius 2 is 2.50 bits per heavy atom. The molecule has 8 heavy (non-hydrogen) atoms. The summed E-state index contributed by atoms with van der Waals surface area (Å²) in [7, 11) is 2.00. The highest BCUT2D eigenvalue weighted by molar-refractivity contribution is 7.80. The van der Waals surface area contributed by atoms with Gasteiger partial charge in [0.2, 0.25) is 0 Å². The number of nitrogens with zero attached hydrogens (tertiary/aromatic N) is 1. The Morgan fingerprint density at radius 1 is 1.88 bits per heavy atom. The Morgan fingerprint density at radius 3 is 2.62 bits per heavy atom. The second-order valence-electron chi connectivity index (χ2n) is 2.12. The Hall–Kier alpha value is -0.150. The van der Waals surface area contributed by atoms with Gasteiger partial charge in [0.15, 0.2) is 0 Å². The number of thiocarbonyl (C=S) groups is 1. The van der Waals surface area contributed by atoms with Crippen molar-refractivity contribution in [1.82, 2.24) is 10.2 Å². The van der Waals surface area contributed by atoms with E-state index in [1.54, 1.807) is 0 Å². The fourth-order valence-electron chi connectivity index (χ4n) is 0.770. The maximum Gasteiger partial charge on any atom is 0.0957 e. The van der Waals surface area contributed by atoms with Gasteiger partial charge in [0, 0.05) is 7.05 Å². The highest BCUT2D eigenvalue weighted by Crippen LogP contribution is 2.00. The van der Waals surface area contributed by atoms with E-state index < -0.39 is 0 Å². The smallest absolute Gasteiger partial charge is 0.0957 e. The number of hydrogen-bond acceptors (Lipinski definition) is 2. The first-order valence-corrected chi connectivity index (χ1v) is 3.11. The average molecular weight is 130 g/mol. The molecule has 0 saturated carbocycles. The molecule has 0 aliphatic carbocycles. The first-order valence-electron chi connectivity index (χ1n) is 2.70. The van der Waals surface area contributed by atoms with Gasteiger partial charge in [-0.2, -0.15) is 0 Å². The van der Waals surface area contributed by atoms with Crippen LogP contribution in [-0.2, 0) is 0 Å². The molecule has 1 fully saturated rings. The van der Waals surface area contributed by atoms with Crippen LogP contribution in [0.1, 0.15) is 6.92 Å². The number of nitrogens with one attached hydrogen (secondary N) is 1. The predicted octanol–water partition coefficient (Wildman–Crippen LogP) is 0.195. The van der Waals surface area contributed by atoms with Gasteiger partial charge < -0.3 is 4.90 Å². The first-order chi connectivity index (χ1) is 3.72. The summed E-state index contributed by atoms with van der Waals surface area (Å²) in [6.07, 6.45) is 0. The summed E-state index contributed by atoms with van der Waals surface area (Å²) in [5.41, 5.74) is 0. The van der Waals surface area contributed by atoms with Gasteiger partial charge >= 0.3 is 0 Å². The molecule has 1 aliphatic heterocycles. The topological polar surface area (TPSA) is 15.3 Å². The third kappa shape index (κ3) is 0.833. The molecule has 0 aromatic rings. The van der Waals surface area contributed by atoms with E-state index in [0.29, 0.717) is 6.04 Å². The molecule has 46 valence electrons. The lowest BCUT2D eigenvalue weighted by atomic mass is 10.4. The minimum absolute atomic E-state index is 0.398. The van der Waals surface area contributed by atoms with E-state index in [1.165, 1.54) is 0 Å². The van der Waals surface area contributed by atoms with Gasteiger partial charge in [0.05, 0.1) is 17.7 Å². The molecular formula is C5H10N2S. The van der Waals surface area contributed by atoms with E-state index in [1.807, 2.05) is 11.9 Å². The lowest BCUT2D eigenvalue weighted by Gasteiger charge is -2.07. The molecule has 0 radical (unpaired) electrons. The molecule has 0 amide bonds. The van der Waals surface area contributed by atoms with Crippen molar-refractivity contribution in [2.45, 2.75) is 13.0 Å². The fraction of sp³-hybridized carbons (Fsp3) is 0.800. The summed E-state index contributed by atoms with van der Waals surface area (Å²) in [6, 6.07) is 0.398. The van der Waals surface area contributed by atoms with Gasteiger partial charge in [-0.3, -0.25) is 5.32 Å². The van der Waals surface area contributed by atoms with Crippen LogP contribution < -0.4 is 5.32 Å². The highest BCUT2D eigenvalue weighted by atomic mass is 32.1. The number of hydrogen-bond donors (Lipinski definition) is 1.